The van der Waals surface area contributed by atoms with Gasteiger partial charge in [-0.2, -0.15) is 4.31 Å². The standard InChI is InChI=1S/C18H28FN3O4S2/c1-4-18(7-8-22(14-18)27(3,23)24)20-9-11-21(12-10-20)28(25,26)16-5-6-17(19)15(2)13-16/h5-6,13H,4,7-12,14H2,1-3H3/t18-/m1/s1. The Bertz CT molecular complexity index is 944. The predicted octanol–water partition coefficient (Wildman–Crippen LogP) is 1.25. The Labute approximate surface area is 167 Å². The third-order valence-electron chi connectivity index (χ3n) is 6.10. The Balaban J connectivity index is 1.72. The van der Waals surface area contributed by atoms with Gasteiger partial charge in [-0.05, 0) is 43.5 Å². The number of aryl methyl sites for hydroxylation is 1. The van der Waals surface area contributed by atoms with Gasteiger partial charge in [0.25, 0.3) is 0 Å². The third kappa shape index (κ3) is 3.97. The topological polar surface area (TPSA) is 78.0 Å². The van der Waals surface area contributed by atoms with Crippen molar-refractivity contribution in [2.45, 2.75) is 37.1 Å². The van der Waals surface area contributed by atoms with Gasteiger partial charge >= 0.3 is 0 Å². The van der Waals surface area contributed by atoms with Gasteiger partial charge in [-0.25, -0.2) is 25.5 Å². The molecular weight excluding hydrogens is 405 g/mol. The molecule has 7 nitrogen and oxygen atoms in total. The van der Waals surface area contributed by atoms with E-state index in [-0.39, 0.29) is 10.4 Å². The highest BCUT2D eigenvalue weighted by molar-refractivity contribution is 7.89. The highest BCUT2D eigenvalue weighted by Crippen LogP contribution is 2.34. The molecule has 28 heavy (non-hydrogen) atoms. The summed E-state index contributed by atoms with van der Waals surface area (Å²) < 4.78 is 66.1. The first-order valence-corrected chi connectivity index (χ1v) is 12.7. The van der Waals surface area contributed by atoms with Gasteiger partial charge in [0.1, 0.15) is 5.82 Å². The fourth-order valence-electron chi connectivity index (χ4n) is 4.20. The molecule has 0 bridgehead atoms. The fourth-order valence-corrected chi connectivity index (χ4v) is 6.61. The van der Waals surface area contributed by atoms with E-state index < -0.39 is 25.9 Å². The largest absolute Gasteiger partial charge is 0.294 e. The van der Waals surface area contributed by atoms with Crippen LogP contribution in [0.25, 0.3) is 0 Å². The average molecular weight is 434 g/mol. The van der Waals surface area contributed by atoms with Crippen molar-refractivity contribution in [3.63, 3.8) is 0 Å². The molecule has 1 aromatic carbocycles. The van der Waals surface area contributed by atoms with Crippen molar-refractivity contribution in [2.75, 3.05) is 45.5 Å². The van der Waals surface area contributed by atoms with Crippen LogP contribution < -0.4 is 0 Å². The molecular formula is C18H28FN3O4S2. The van der Waals surface area contributed by atoms with Crippen LogP contribution in [-0.2, 0) is 20.0 Å². The molecule has 2 aliphatic heterocycles. The Morgan fingerprint density at radius 3 is 2.18 bits per heavy atom. The van der Waals surface area contributed by atoms with Crippen molar-refractivity contribution in [2.24, 2.45) is 0 Å². The molecule has 3 rings (SSSR count). The number of halogens is 1. The molecule has 0 spiro atoms. The van der Waals surface area contributed by atoms with E-state index in [4.69, 9.17) is 0 Å². The van der Waals surface area contributed by atoms with Crippen LogP contribution in [0.3, 0.4) is 0 Å². The predicted molar refractivity (Wildman–Crippen MR) is 106 cm³/mol. The first-order valence-electron chi connectivity index (χ1n) is 9.46. The van der Waals surface area contributed by atoms with Gasteiger partial charge in [0.2, 0.25) is 20.0 Å². The lowest BCUT2D eigenvalue weighted by atomic mass is 9.92. The van der Waals surface area contributed by atoms with Crippen LogP contribution in [0, 0.1) is 12.7 Å². The summed E-state index contributed by atoms with van der Waals surface area (Å²) in [7, 11) is -6.91. The second-order valence-electron chi connectivity index (χ2n) is 7.73. The van der Waals surface area contributed by atoms with Gasteiger partial charge in [0.05, 0.1) is 11.2 Å². The summed E-state index contributed by atoms with van der Waals surface area (Å²) in [5.41, 5.74) is 0.0576. The van der Waals surface area contributed by atoms with E-state index in [1.807, 2.05) is 0 Å². The molecule has 0 amide bonds. The lowest BCUT2D eigenvalue weighted by Crippen LogP contribution is -2.58. The number of hydrogen-bond acceptors (Lipinski definition) is 5. The van der Waals surface area contributed by atoms with Gasteiger partial charge in [0, 0.05) is 44.8 Å². The van der Waals surface area contributed by atoms with Crippen LogP contribution in [-0.4, -0.2) is 81.4 Å². The molecule has 0 radical (unpaired) electrons. The van der Waals surface area contributed by atoms with Crippen LogP contribution in [0.4, 0.5) is 4.39 Å². The summed E-state index contributed by atoms with van der Waals surface area (Å²) in [6.45, 7) is 6.31. The van der Waals surface area contributed by atoms with Gasteiger partial charge in [-0.3, -0.25) is 4.90 Å². The summed E-state index contributed by atoms with van der Waals surface area (Å²) in [5.74, 6) is -0.426. The number of nitrogens with zero attached hydrogens (tertiary/aromatic N) is 3. The van der Waals surface area contributed by atoms with Crippen molar-refractivity contribution < 1.29 is 21.2 Å². The Morgan fingerprint density at radius 1 is 1.04 bits per heavy atom. The second-order valence-corrected chi connectivity index (χ2v) is 11.6. The molecule has 2 aliphatic rings. The minimum absolute atomic E-state index is 0.106. The zero-order valence-electron chi connectivity index (χ0n) is 16.6. The summed E-state index contributed by atoms with van der Waals surface area (Å²) in [6, 6.07) is 3.85. The number of sulfonamides is 2. The zero-order valence-corrected chi connectivity index (χ0v) is 18.2. The molecule has 0 aliphatic carbocycles. The molecule has 2 heterocycles. The first-order chi connectivity index (χ1) is 13.0. The summed E-state index contributed by atoms with van der Waals surface area (Å²) in [6.07, 6.45) is 2.79. The number of rotatable bonds is 5. The molecule has 0 unspecified atom stereocenters. The van der Waals surface area contributed by atoms with E-state index in [0.29, 0.717) is 44.8 Å². The third-order valence-corrected chi connectivity index (χ3v) is 9.25. The van der Waals surface area contributed by atoms with E-state index in [9.17, 15) is 21.2 Å². The molecule has 1 atom stereocenters. The lowest BCUT2D eigenvalue weighted by Gasteiger charge is -2.45. The van der Waals surface area contributed by atoms with Crippen LogP contribution >= 0.6 is 0 Å². The Hall–Kier alpha value is -1.07. The van der Waals surface area contributed by atoms with Crippen molar-refractivity contribution >= 4 is 20.0 Å². The molecule has 1 aromatic rings. The fraction of sp³-hybridized carbons (Fsp3) is 0.667. The van der Waals surface area contributed by atoms with Crippen molar-refractivity contribution in [1.82, 2.24) is 13.5 Å². The highest BCUT2D eigenvalue weighted by atomic mass is 32.2. The number of hydrogen-bond donors (Lipinski definition) is 0. The van der Waals surface area contributed by atoms with E-state index in [1.165, 1.54) is 33.1 Å². The molecule has 0 N–H and O–H groups in total. The van der Waals surface area contributed by atoms with Gasteiger partial charge in [-0.15, -0.1) is 0 Å². The van der Waals surface area contributed by atoms with E-state index in [2.05, 4.69) is 11.8 Å². The minimum atomic E-state index is -3.68. The summed E-state index contributed by atoms with van der Waals surface area (Å²) in [4.78, 5) is 2.34. The second kappa shape index (κ2) is 7.64. The maximum Gasteiger partial charge on any atom is 0.243 e. The zero-order chi connectivity index (χ0) is 20.7. The lowest BCUT2D eigenvalue weighted by molar-refractivity contribution is 0.0600. The summed E-state index contributed by atoms with van der Waals surface area (Å²) >= 11 is 0. The van der Waals surface area contributed by atoms with Gasteiger partial charge < -0.3 is 0 Å². The molecule has 2 fully saturated rings. The summed E-state index contributed by atoms with van der Waals surface area (Å²) in [5, 5.41) is 0. The molecule has 2 saturated heterocycles. The van der Waals surface area contributed by atoms with Crippen molar-refractivity contribution in [3.05, 3.63) is 29.6 Å². The molecule has 158 valence electrons. The molecule has 10 heteroatoms. The smallest absolute Gasteiger partial charge is 0.243 e. The minimum Gasteiger partial charge on any atom is -0.294 e. The quantitative estimate of drug-likeness (QED) is 0.699. The SMILES string of the molecule is CC[C@@]1(N2CCN(S(=O)(=O)c3ccc(F)c(C)c3)CC2)CCN(S(C)(=O)=O)C1. The van der Waals surface area contributed by atoms with Crippen molar-refractivity contribution in [3.8, 4) is 0 Å². The average Bonchev–Trinajstić information content (AvgIpc) is 3.10. The van der Waals surface area contributed by atoms with Gasteiger partial charge in [0.15, 0.2) is 0 Å². The first kappa shape index (κ1) is 21.6. The Morgan fingerprint density at radius 2 is 1.68 bits per heavy atom. The van der Waals surface area contributed by atoms with Crippen LogP contribution in [0.1, 0.15) is 25.3 Å². The number of piperazine rings is 1. The Kier molecular flexibility index (Phi) is 5.90. The van der Waals surface area contributed by atoms with Crippen LogP contribution in [0.2, 0.25) is 0 Å². The van der Waals surface area contributed by atoms with Crippen LogP contribution in [0.15, 0.2) is 23.1 Å². The maximum absolute atomic E-state index is 13.5. The number of benzene rings is 1. The monoisotopic (exact) mass is 433 g/mol. The van der Waals surface area contributed by atoms with Crippen LogP contribution in [0.5, 0.6) is 0 Å². The highest BCUT2D eigenvalue weighted by Gasteiger charge is 2.45. The molecule has 0 aromatic heterocycles. The van der Waals surface area contributed by atoms with E-state index in [0.717, 1.165) is 12.8 Å². The van der Waals surface area contributed by atoms with E-state index >= 15 is 0 Å². The molecule has 0 saturated carbocycles. The van der Waals surface area contributed by atoms with Crippen molar-refractivity contribution in [1.29, 1.82) is 0 Å². The van der Waals surface area contributed by atoms with E-state index in [1.54, 1.807) is 6.92 Å². The normalized spacial score (nSPS) is 26.0. The van der Waals surface area contributed by atoms with Gasteiger partial charge in [-0.1, -0.05) is 6.92 Å². The maximum atomic E-state index is 13.5.